The summed E-state index contributed by atoms with van der Waals surface area (Å²) in [6.07, 6.45) is 0. The van der Waals surface area contributed by atoms with Gasteiger partial charge in [0.15, 0.2) is 17.2 Å². The van der Waals surface area contributed by atoms with E-state index in [-0.39, 0.29) is 5.82 Å². The summed E-state index contributed by atoms with van der Waals surface area (Å²) < 4.78 is 18.6. The number of aliphatic hydroxyl groups excluding tert-OH is 2. The van der Waals surface area contributed by atoms with Crippen molar-refractivity contribution in [2.24, 2.45) is 4.99 Å². The van der Waals surface area contributed by atoms with Gasteiger partial charge in [-0.25, -0.2) is 9.37 Å². The number of ether oxygens (including phenoxy) is 1. The molecule has 0 aliphatic rings. The van der Waals surface area contributed by atoms with Gasteiger partial charge in [0, 0.05) is 17.1 Å². The number of nitrogens with zero attached hydrogens (tertiary/aromatic N) is 2. The number of fused-ring (bicyclic) bond motifs is 1. The highest BCUT2D eigenvalue weighted by molar-refractivity contribution is 6.05. The Balaban J connectivity index is 1.81. The van der Waals surface area contributed by atoms with Crippen LogP contribution in [0.5, 0.6) is 11.6 Å². The molecule has 0 saturated carbocycles. The zero-order valence-electron chi connectivity index (χ0n) is 15.1. The van der Waals surface area contributed by atoms with Crippen LogP contribution in [0.1, 0.15) is 0 Å². The highest BCUT2D eigenvalue weighted by Crippen LogP contribution is 2.25. The van der Waals surface area contributed by atoms with E-state index in [0.29, 0.717) is 28.2 Å². The summed E-state index contributed by atoms with van der Waals surface area (Å²) in [7, 11) is 0. The first-order valence-electron chi connectivity index (χ1n) is 8.31. The molecule has 1 heterocycles. The molecule has 1 aromatic heterocycles. The number of carbonyl (C=O) groups excluding carboxylic acids is 1. The highest BCUT2D eigenvalue weighted by Gasteiger charge is 2.16. The number of aliphatic imine (C=N–C) groups is 1. The molecule has 0 atom stereocenters. The van der Waals surface area contributed by atoms with Crippen LogP contribution < -0.4 is 10.1 Å². The Labute approximate surface area is 165 Å². The molecule has 0 fully saturated rings. The molecule has 0 aliphatic carbocycles. The smallest absolute Gasteiger partial charge is 0.278 e. The molecule has 7 nitrogen and oxygen atoms in total. The van der Waals surface area contributed by atoms with Gasteiger partial charge in [0.05, 0.1) is 5.52 Å². The lowest BCUT2D eigenvalue weighted by Crippen LogP contribution is -2.15. The van der Waals surface area contributed by atoms with Gasteiger partial charge in [-0.3, -0.25) is 9.79 Å². The van der Waals surface area contributed by atoms with Crippen LogP contribution in [0.3, 0.4) is 0 Å². The van der Waals surface area contributed by atoms with Gasteiger partial charge in [-0.05, 0) is 55.2 Å². The van der Waals surface area contributed by atoms with Crippen LogP contribution >= 0.6 is 0 Å². The molecule has 0 spiro atoms. The van der Waals surface area contributed by atoms with Crippen LogP contribution in [0.15, 0.2) is 83.4 Å². The van der Waals surface area contributed by atoms with E-state index in [0.717, 1.165) is 0 Å². The SMILES string of the molecule is C=N/C(C(=O)Nc1ccc2nc(Oc3ccc(F)cc3)ccc2c1)=C(/O)C(=C)O. The Bertz CT molecular complexity index is 1140. The molecule has 3 N–H and O–H groups in total. The second-order valence-corrected chi connectivity index (χ2v) is 5.87. The van der Waals surface area contributed by atoms with Crippen LogP contribution in [-0.4, -0.2) is 27.8 Å². The lowest BCUT2D eigenvalue weighted by Gasteiger charge is -2.09. The average molecular weight is 393 g/mol. The standard InChI is InChI=1S/C21H16FN3O4/c1-12(26)20(27)19(23-2)21(28)24-15-6-9-17-13(11-15)3-10-18(25-17)29-16-7-4-14(22)5-8-16/h3-11,26-27H,1-2H2,(H,24,28)/b20-19+. The molecule has 0 bridgehead atoms. The summed E-state index contributed by atoms with van der Waals surface area (Å²) in [5.74, 6) is -1.81. The summed E-state index contributed by atoms with van der Waals surface area (Å²) in [6.45, 7) is 6.34. The van der Waals surface area contributed by atoms with Crippen molar-refractivity contribution < 1.29 is 24.1 Å². The lowest BCUT2D eigenvalue weighted by atomic mass is 10.2. The summed E-state index contributed by atoms with van der Waals surface area (Å²) >= 11 is 0. The fourth-order valence-corrected chi connectivity index (χ4v) is 2.45. The predicted octanol–water partition coefficient (Wildman–Crippen LogP) is 4.65. The molecule has 1 amide bonds. The fourth-order valence-electron chi connectivity index (χ4n) is 2.45. The van der Waals surface area contributed by atoms with Crippen molar-refractivity contribution in [2.45, 2.75) is 0 Å². The summed E-state index contributed by atoms with van der Waals surface area (Å²) in [6, 6.07) is 13.9. The number of benzene rings is 2. The van der Waals surface area contributed by atoms with Crippen LogP contribution in [-0.2, 0) is 4.79 Å². The third kappa shape index (κ3) is 4.56. The van der Waals surface area contributed by atoms with E-state index < -0.39 is 23.1 Å². The van der Waals surface area contributed by atoms with Gasteiger partial charge in [0.25, 0.3) is 5.91 Å². The number of aromatic nitrogens is 1. The largest absolute Gasteiger partial charge is 0.505 e. The summed E-state index contributed by atoms with van der Waals surface area (Å²) in [5.41, 5.74) is 0.555. The average Bonchev–Trinajstić information content (AvgIpc) is 2.70. The van der Waals surface area contributed by atoms with E-state index in [1.54, 1.807) is 30.3 Å². The third-order valence-corrected chi connectivity index (χ3v) is 3.83. The molecular weight excluding hydrogens is 377 g/mol. The maximum absolute atomic E-state index is 13.0. The van der Waals surface area contributed by atoms with E-state index in [1.807, 2.05) is 0 Å². The van der Waals surface area contributed by atoms with E-state index >= 15 is 0 Å². The second-order valence-electron chi connectivity index (χ2n) is 5.87. The minimum Gasteiger partial charge on any atom is -0.505 e. The minimum atomic E-state index is -0.767. The van der Waals surface area contributed by atoms with Crippen molar-refractivity contribution in [3.63, 3.8) is 0 Å². The van der Waals surface area contributed by atoms with Crippen molar-refractivity contribution in [3.05, 3.63) is 84.2 Å². The third-order valence-electron chi connectivity index (χ3n) is 3.83. The molecule has 0 aliphatic heterocycles. The predicted molar refractivity (Wildman–Crippen MR) is 108 cm³/mol. The summed E-state index contributed by atoms with van der Waals surface area (Å²) in [5, 5.41) is 22.1. The molecule has 3 aromatic rings. The number of aliphatic hydroxyl groups is 2. The Morgan fingerprint density at radius 2 is 1.83 bits per heavy atom. The van der Waals surface area contributed by atoms with Crippen molar-refractivity contribution >= 4 is 29.2 Å². The highest BCUT2D eigenvalue weighted by atomic mass is 19.1. The first kappa shape index (κ1) is 19.6. The number of hydrogen-bond donors (Lipinski definition) is 3. The zero-order chi connectivity index (χ0) is 21.0. The quantitative estimate of drug-likeness (QED) is 0.245. The fraction of sp³-hybridized carbons (Fsp3) is 0. The number of rotatable bonds is 6. The van der Waals surface area contributed by atoms with Gasteiger partial charge in [0.2, 0.25) is 5.88 Å². The number of nitrogens with one attached hydrogen (secondary N) is 1. The molecule has 8 heteroatoms. The van der Waals surface area contributed by atoms with Gasteiger partial charge in [0.1, 0.15) is 11.6 Å². The van der Waals surface area contributed by atoms with E-state index in [9.17, 15) is 19.4 Å². The maximum atomic E-state index is 13.0. The van der Waals surface area contributed by atoms with Crippen molar-refractivity contribution in [1.82, 2.24) is 4.98 Å². The Morgan fingerprint density at radius 3 is 2.48 bits per heavy atom. The molecule has 0 unspecified atom stereocenters. The number of carbonyl (C=O) groups is 1. The first-order chi connectivity index (χ1) is 13.9. The maximum Gasteiger partial charge on any atom is 0.278 e. The van der Waals surface area contributed by atoms with Gasteiger partial charge in [-0.2, -0.15) is 0 Å². The van der Waals surface area contributed by atoms with E-state index in [4.69, 9.17) is 4.74 Å². The zero-order valence-corrected chi connectivity index (χ0v) is 15.1. The van der Waals surface area contributed by atoms with Gasteiger partial charge in [-0.15, -0.1) is 0 Å². The first-order valence-corrected chi connectivity index (χ1v) is 8.31. The molecule has 3 rings (SSSR count). The normalized spacial score (nSPS) is 11.5. The molecule has 146 valence electrons. The summed E-state index contributed by atoms with van der Waals surface area (Å²) in [4.78, 5) is 20.0. The van der Waals surface area contributed by atoms with Crippen LogP contribution in [0.25, 0.3) is 10.9 Å². The van der Waals surface area contributed by atoms with Crippen LogP contribution in [0, 0.1) is 5.82 Å². The van der Waals surface area contributed by atoms with Crippen molar-refractivity contribution in [1.29, 1.82) is 0 Å². The lowest BCUT2D eigenvalue weighted by molar-refractivity contribution is -0.113. The van der Waals surface area contributed by atoms with Gasteiger partial charge in [-0.1, -0.05) is 6.58 Å². The number of hydrogen-bond acceptors (Lipinski definition) is 6. The molecule has 29 heavy (non-hydrogen) atoms. The number of halogens is 1. The van der Waals surface area contributed by atoms with Gasteiger partial charge < -0.3 is 20.3 Å². The molecule has 2 aromatic carbocycles. The van der Waals surface area contributed by atoms with E-state index in [1.165, 1.54) is 24.3 Å². The minimum absolute atomic E-state index is 0.327. The Kier molecular flexibility index (Phi) is 5.54. The van der Waals surface area contributed by atoms with Crippen LogP contribution in [0.2, 0.25) is 0 Å². The Morgan fingerprint density at radius 1 is 1.10 bits per heavy atom. The van der Waals surface area contributed by atoms with Gasteiger partial charge >= 0.3 is 0 Å². The number of anilines is 1. The van der Waals surface area contributed by atoms with Crippen molar-refractivity contribution in [2.75, 3.05) is 5.32 Å². The topological polar surface area (TPSA) is 104 Å². The molecular formula is C21H16FN3O4. The Hall–Kier alpha value is -4.20. The second kappa shape index (κ2) is 8.22. The number of pyridine rings is 1. The van der Waals surface area contributed by atoms with E-state index in [2.05, 4.69) is 28.6 Å². The number of amides is 1. The monoisotopic (exact) mass is 393 g/mol. The molecule has 0 saturated heterocycles. The molecule has 0 radical (unpaired) electrons. The van der Waals surface area contributed by atoms with Crippen LogP contribution in [0.4, 0.5) is 10.1 Å². The van der Waals surface area contributed by atoms with Crippen molar-refractivity contribution in [3.8, 4) is 11.6 Å².